The van der Waals surface area contributed by atoms with Crippen LogP contribution in [0.4, 0.5) is 0 Å². The fraction of sp³-hybridized carbons (Fsp3) is 0.158. The fourth-order valence-corrected chi connectivity index (χ4v) is 2.75. The van der Waals surface area contributed by atoms with Crippen LogP contribution in [0.15, 0.2) is 61.2 Å². The molecule has 2 heterocycles. The van der Waals surface area contributed by atoms with Crippen LogP contribution in [0.1, 0.15) is 18.8 Å². The van der Waals surface area contributed by atoms with E-state index in [1.54, 1.807) is 23.3 Å². The van der Waals surface area contributed by atoms with Crippen molar-refractivity contribution in [2.45, 2.75) is 13.0 Å². The Bertz CT molecular complexity index is 1020. The number of imidazole rings is 1. The molecule has 2 aromatic carbocycles. The molecule has 0 bridgehead atoms. The van der Waals surface area contributed by atoms with E-state index in [-0.39, 0.29) is 18.6 Å². The topological polar surface area (TPSA) is 97.7 Å². The van der Waals surface area contributed by atoms with Crippen molar-refractivity contribution in [3.8, 4) is 11.4 Å². The van der Waals surface area contributed by atoms with Crippen molar-refractivity contribution in [2.24, 2.45) is 0 Å². The largest absolute Gasteiger partial charge is 0.484 e. The van der Waals surface area contributed by atoms with E-state index >= 15 is 0 Å². The number of ether oxygens (including phenoxy) is 1. The first-order valence-corrected chi connectivity index (χ1v) is 8.51. The summed E-state index contributed by atoms with van der Waals surface area (Å²) in [5, 5.41) is 10.4. The maximum absolute atomic E-state index is 12.2. The summed E-state index contributed by atoms with van der Waals surface area (Å²) in [7, 11) is 0. The fourth-order valence-electron chi connectivity index (χ4n) is 2.75. The van der Waals surface area contributed by atoms with Gasteiger partial charge >= 0.3 is 0 Å². The third-order valence-electron chi connectivity index (χ3n) is 4.10. The van der Waals surface area contributed by atoms with E-state index in [0.29, 0.717) is 11.6 Å². The maximum atomic E-state index is 12.2. The zero-order valence-corrected chi connectivity index (χ0v) is 14.7. The molecule has 1 amide bonds. The SMILES string of the molecule is C[C@@H](NC(=O)COc1cccc(-n2cnnc2)c1)c1nc2ccccc2[nH]1. The van der Waals surface area contributed by atoms with E-state index in [9.17, 15) is 4.79 Å². The van der Waals surface area contributed by atoms with Crippen molar-refractivity contribution >= 4 is 16.9 Å². The number of amides is 1. The summed E-state index contributed by atoms with van der Waals surface area (Å²) in [5.74, 6) is 1.07. The molecular formula is C19H18N6O2. The van der Waals surface area contributed by atoms with Crippen LogP contribution in [0.25, 0.3) is 16.7 Å². The van der Waals surface area contributed by atoms with Crippen LogP contribution < -0.4 is 10.1 Å². The third-order valence-corrected chi connectivity index (χ3v) is 4.10. The van der Waals surface area contributed by atoms with E-state index in [1.165, 1.54) is 0 Å². The van der Waals surface area contributed by atoms with E-state index in [4.69, 9.17) is 4.74 Å². The minimum atomic E-state index is -0.253. The van der Waals surface area contributed by atoms with Crippen molar-refractivity contribution in [2.75, 3.05) is 6.61 Å². The summed E-state index contributed by atoms with van der Waals surface area (Å²) >= 11 is 0. The second kappa shape index (κ2) is 7.28. The molecule has 136 valence electrons. The first-order valence-electron chi connectivity index (χ1n) is 8.51. The molecule has 1 atom stereocenters. The highest BCUT2D eigenvalue weighted by atomic mass is 16.5. The summed E-state index contributed by atoms with van der Waals surface area (Å²) in [4.78, 5) is 19.9. The molecule has 0 unspecified atom stereocenters. The molecule has 27 heavy (non-hydrogen) atoms. The predicted molar refractivity (Wildman–Crippen MR) is 99.5 cm³/mol. The van der Waals surface area contributed by atoms with Gasteiger partial charge in [-0.3, -0.25) is 9.36 Å². The number of fused-ring (bicyclic) bond motifs is 1. The smallest absolute Gasteiger partial charge is 0.258 e. The van der Waals surface area contributed by atoms with E-state index < -0.39 is 0 Å². The number of hydrogen-bond donors (Lipinski definition) is 2. The van der Waals surface area contributed by atoms with Crippen LogP contribution >= 0.6 is 0 Å². The Hall–Kier alpha value is -3.68. The van der Waals surface area contributed by atoms with Crippen molar-refractivity contribution in [3.63, 3.8) is 0 Å². The number of carbonyl (C=O) groups is 1. The Kier molecular flexibility index (Phi) is 4.52. The molecule has 0 fully saturated rings. The summed E-state index contributed by atoms with van der Waals surface area (Å²) in [5.41, 5.74) is 2.67. The standard InChI is InChI=1S/C19H18N6O2/c1-13(19-23-16-7-2-3-8-17(16)24-19)22-18(26)10-27-15-6-4-5-14(9-15)25-11-20-21-12-25/h2-9,11-13H,10H2,1H3,(H,22,26)(H,23,24)/t13-/m1/s1. The van der Waals surface area contributed by atoms with Crippen LogP contribution in [0, 0.1) is 0 Å². The molecule has 2 N–H and O–H groups in total. The number of carbonyl (C=O) groups excluding carboxylic acids is 1. The minimum absolute atomic E-state index is 0.0871. The second-order valence-corrected chi connectivity index (χ2v) is 6.08. The Labute approximate surface area is 155 Å². The van der Waals surface area contributed by atoms with Gasteiger partial charge in [0.25, 0.3) is 5.91 Å². The molecule has 8 heteroatoms. The number of benzene rings is 2. The van der Waals surface area contributed by atoms with Crippen LogP contribution in [0.3, 0.4) is 0 Å². The zero-order valence-electron chi connectivity index (χ0n) is 14.7. The van der Waals surface area contributed by atoms with Gasteiger partial charge in [0.2, 0.25) is 0 Å². The molecule has 0 saturated carbocycles. The summed E-state index contributed by atoms with van der Waals surface area (Å²) in [6, 6.07) is 14.9. The van der Waals surface area contributed by atoms with E-state index in [1.807, 2.05) is 49.4 Å². The maximum Gasteiger partial charge on any atom is 0.258 e. The summed E-state index contributed by atoms with van der Waals surface area (Å²) in [6.07, 6.45) is 3.20. The first kappa shape index (κ1) is 16.8. The van der Waals surface area contributed by atoms with Crippen molar-refractivity contribution in [1.29, 1.82) is 0 Å². The second-order valence-electron chi connectivity index (χ2n) is 6.08. The Morgan fingerprint density at radius 3 is 2.81 bits per heavy atom. The van der Waals surface area contributed by atoms with Gasteiger partial charge in [0.05, 0.1) is 22.8 Å². The van der Waals surface area contributed by atoms with Crippen molar-refractivity contribution in [3.05, 3.63) is 67.0 Å². The van der Waals surface area contributed by atoms with Gasteiger partial charge < -0.3 is 15.0 Å². The number of nitrogens with one attached hydrogen (secondary N) is 2. The Morgan fingerprint density at radius 2 is 2.00 bits per heavy atom. The van der Waals surface area contributed by atoms with Gasteiger partial charge in [0.1, 0.15) is 24.2 Å². The predicted octanol–water partition coefficient (Wildman–Crippen LogP) is 2.40. The average molecular weight is 362 g/mol. The molecule has 0 spiro atoms. The molecule has 2 aromatic heterocycles. The Morgan fingerprint density at radius 1 is 1.19 bits per heavy atom. The number of aromatic amines is 1. The van der Waals surface area contributed by atoms with Gasteiger partial charge in [0, 0.05) is 6.07 Å². The van der Waals surface area contributed by atoms with Crippen LogP contribution in [0.5, 0.6) is 5.75 Å². The van der Waals surface area contributed by atoms with Crippen LogP contribution in [0.2, 0.25) is 0 Å². The number of rotatable bonds is 6. The number of nitrogens with zero attached hydrogens (tertiary/aromatic N) is 4. The lowest BCUT2D eigenvalue weighted by Crippen LogP contribution is -2.31. The highest BCUT2D eigenvalue weighted by Gasteiger charge is 2.14. The normalized spacial score (nSPS) is 12.0. The lowest BCUT2D eigenvalue weighted by atomic mass is 10.3. The monoisotopic (exact) mass is 362 g/mol. The summed E-state index contributed by atoms with van der Waals surface area (Å²) in [6.45, 7) is 1.79. The lowest BCUT2D eigenvalue weighted by molar-refractivity contribution is -0.123. The molecule has 0 radical (unpaired) electrons. The third kappa shape index (κ3) is 3.79. The molecule has 4 aromatic rings. The Balaban J connectivity index is 1.36. The molecular weight excluding hydrogens is 344 g/mol. The average Bonchev–Trinajstić information content (AvgIpc) is 3.36. The highest BCUT2D eigenvalue weighted by Crippen LogP contribution is 2.17. The van der Waals surface area contributed by atoms with Gasteiger partial charge in [-0.05, 0) is 31.2 Å². The summed E-state index contributed by atoms with van der Waals surface area (Å²) < 4.78 is 7.37. The van der Waals surface area contributed by atoms with E-state index in [0.717, 1.165) is 16.7 Å². The van der Waals surface area contributed by atoms with Crippen molar-refractivity contribution in [1.82, 2.24) is 30.0 Å². The number of H-pyrrole nitrogens is 1. The number of aromatic nitrogens is 5. The number of para-hydroxylation sites is 2. The van der Waals surface area contributed by atoms with Gasteiger partial charge in [-0.1, -0.05) is 18.2 Å². The van der Waals surface area contributed by atoms with Crippen LogP contribution in [-0.4, -0.2) is 37.2 Å². The lowest BCUT2D eigenvalue weighted by Gasteiger charge is -2.12. The molecule has 4 rings (SSSR count). The van der Waals surface area contributed by atoms with Crippen LogP contribution in [-0.2, 0) is 4.79 Å². The van der Waals surface area contributed by atoms with Crippen molar-refractivity contribution < 1.29 is 9.53 Å². The highest BCUT2D eigenvalue weighted by molar-refractivity contribution is 5.78. The molecule has 8 nitrogen and oxygen atoms in total. The number of hydrogen-bond acceptors (Lipinski definition) is 5. The quantitative estimate of drug-likeness (QED) is 0.549. The molecule has 0 saturated heterocycles. The molecule has 0 aliphatic carbocycles. The van der Waals surface area contributed by atoms with Gasteiger partial charge in [-0.15, -0.1) is 10.2 Å². The zero-order chi connectivity index (χ0) is 18.6. The molecule has 0 aliphatic heterocycles. The first-order chi connectivity index (χ1) is 13.2. The minimum Gasteiger partial charge on any atom is -0.484 e. The van der Waals surface area contributed by atoms with E-state index in [2.05, 4.69) is 25.5 Å². The van der Waals surface area contributed by atoms with Gasteiger partial charge in [-0.25, -0.2) is 4.98 Å². The van der Waals surface area contributed by atoms with Gasteiger partial charge in [0.15, 0.2) is 6.61 Å². The van der Waals surface area contributed by atoms with Gasteiger partial charge in [-0.2, -0.15) is 0 Å². The molecule has 0 aliphatic rings.